The summed E-state index contributed by atoms with van der Waals surface area (Å²) in [5, 5.41) is 0. The van der Waals surface area contributed by atoms with E-state index < -0.39 is 3.61 Å². The molecule has 0 saturated carbocycles. The maximum atomic E-state index is 4.77. The van der Waals surface area contributed by atoms with Crippen LogP contribution in [0.2, 0.25) is 0 Å². The lowest BCUT2D eigenvalue weighted by Crippen LogP contribution is -2.12. The Hall–Kier alpha value is -2.80. The average Bonchev–Trinajstić information content (AvgIpc) is 3.34. The van der Waals surface area contributed by atoms with Crippen LogP contribution in [0.1, 0.15) is 304 Å². The fraction of sp³-hybridized carbons (Fsp3) is 0.500. The lowest BCUT2D eigenvalue weighted by Gasteiger charge is -2.31. The molecule has 6 aromatic rings. The van der Waals surface area contributed by atoms with Crippen molar-refractivity contribution < 1.29 is 0 Å². The van der Waals surface area contributed by atoms with Gasteiger partial charge in [0.1, 0.15) is 0 Å². The smallest absolute Gasteiger partial charge is 0.113 e. The molecule has 6 rings (SSSR count). The largest absolute Gasteiger partial charge is 0.328 e. The quantitative estimate of drug-likeness (QED) is 0.0552. The molecule has 0 spiro atoms. The van der Waals surface area contributed by atoms with Crippen molar-refractivity contribution in [2.45, 2.75) is 247 Å². The molecule has 0 heterocycles. The number of benzene rings is 6. The number of hydrogen-bond donors (Lipinski definition) is 0. The van der Waals surface area contributed by atoms with Gasteiger partial charge in [-0.05, 0) is 182 Å². The molecular formula is C72H98Br2S2Si. The van der Waals surface area contributed by atoms with Gasteiger partial charge in [-0.1, -0.05) is 282 Å². The molecule has 0 saturated heterocycles. The maximum absolute atomic E-state index is 4.77. The second-order valence-corrected chi connectivity index (χ2v) is 50.6. The first kappa shape index (κ1) is 63.4. The number of hydrogen-bond acceptors (Lipinski definition) is 2. The zero-order valence-corrected chi connectivity index (χ0v) is 57.9. The molecule has 0 aromatic heterocycles. The third-order valence-corrected chi connectivity index (χ3v) is 27.8. The zero-order chi connectivity index (χ0) is 57.4. The van der Waals surface area contributed by atoms with E-state index in [1.54, 1.807) is 0 Å². The molecule has 0 fully saturated rings. The summed E-state index contributed by atoms with van der Waals surface area (Å²) in [6.45, 7) is 57.3. The van der Waals surface area contributed by atoms with E-state index in [9.17, 15) is 0 Å². The van der Waals surface area contributed by atoms with Crippen LogP contribution in [0.4, 0.5) is 0 Å². The first-order valence-electron chi connectivity index (χ1n) is 29.6. The van der Waals surface area contributed by atoms with Crippen molar-refractivity contribution in [2.75, 3.05) is 0 Å². The van der Waals surface area contributed by atoms with Gasteiger partial charge in [0, 0.05) is 9.79 Å². The van der Waals surface area contributed by atoms with Crippen LogP contribution in [0.15, 0.2) is 94.7 Å². The third kappa shape index (κ3) is 13.9. The van der Waals surface area contributed by atoms with Crippen molar-refractivity contribution in [1.82, 2.24) is 0 Å². The lowest BCUT2D eigenvalue weighted by atomic mass is 9.79. The fourth-order valence-electron chi connectivity index (χ4n) is 11.4. The molecule has 0 aliphatic rings. The molecule has 0 unspecified atom stereocenters. The Kier molecular flexibility index (Phi) is 21.4. The van der Waals surface area contributed by atoms with Gasteiger partial charge < -0.3 is 0 Å². The fourth-order valence-corrected chi connectivity index (χ4v) is 23.6. The summed E-state index contributed by atoms with van der Waals surface area (Å²) in [5.41, 5.74) is 28.3. The standard InChI is InChI=1S/C72H98Br2S2Si/c1-39(2)51-31-59(43(9)10)67(60(32-51)44(11)12)55-27-25-28-56(68-61(45(13)14)33-52(40(3)4)34-62(68)46(15)16)71(55)75-77(73,74)76-72-57(69-63(47(17)18)35-53(41(5)6)36-64(69)48(19)20)29-26-30-58(72)70-65(49(21)22)37-54(42(7)8)38-66(70)50(23)24/h25-50H,1-24H3. The van der Waals surface area contributed by atoms with Crippen molar-refractivity contribution in [3.8, 4) is 44.5 Å². The summed E-state index contributed by atoms with van der Waals surface area (Å²) in [6.07, 6.45) is 0. The molecule has 0 N–H and O–H groups in total. The highest BCUT2D eigenvalue weighted by Crippen LogP contribution is 2.60. The van der Waals surface area contributed by atoms with Crippen LogP contribution in [-0.4, -0.2) is 3.61 Å². The molecule has 77 heavy (non-hydrogen) atoms. The summed E-state index contributed by atoms with van der Waals surface area (Å²) < 4.78 is -2.86. The molecule has 0 bridgehead atoms. The van der Waals surface area contributed by atoms with E-state index in [2.05, 4.69) is 274 Å². The summed E-state index contributed by atoms with van der Waals surface area (Å²) in [5.74, 6) is 4.42. The normalized spacial score (nSPS) is 12.8. The van der Waals surface area contributed by atoms with E-state index in [0.29, 0.717) is 71.0 Å². The molecule has 416 valence electrons. The van der Waals surface area contributed by atoms with Crippen molar-refractivity contribution >= 4 is 56.6 Å². The Bertz CT molecular complexity index is 2520. The van der Waals surface area contributed by atoms with Gasteiger partial charge in [-0.2, -0.15) is 0 Å². The molecule has 0 amide bonds. The summed E-state index contributed by atoms with van der Waals surface area (Å²) in [4.78, 5) is 2.72. The van der Waals surface area contributed by atoms with E-state index in [1.807, 2.05) is 0 Å². The van der Waals surface area contributed by atoms with Crippen LogP contribution in [0.5, 0.6) is 0 Å². The SMILES string of the molecule is CC(C)c1cc(C(C)C)c(-c2cccc(-c3c(C(C)C)cc(C(C)C)cc3C(C)C)c2S[Si](Br)(Br)Sc2c(-c3c(C(C)C)cc(C(C)C)cc3C(C)C)cccc2-c2c(C(C)C)cc(C(C)C)cc2C(C)C)c(C(C)C)c1. The molecule has 5 heteroatoms. The van der Waals surface area contributed by atoms with Crippen molar-refractivity contribution in [1.29, 1.82) is 0 Å². The summed E-state index contributed by atoms with van der Waals surface area (Å²) in [7, 11) is 0. The molecule has 0 radical (unpaired) electrons. The van der Waals surface area contributed by atoms with Crippen molar-refractivity contribution in [3.63, 3.8) is 0 Å². The number of halogens is 2. The number of rotatable bonds is 20. The first-order valence-corrected chi connectivity index (χ1v) is 39.2. The van der Waals surface area contributed by atoms with Gasteiger partial charge in [-0.15, -0.1) is 22.4 Å². The Labute approximate surface area is 495 Å². The Balaban J connectivity index is 1.83. The topological polar surface area (TPSA) is 0 Å². The lowest BCUT2D eigenvalue weighted by molar-refractivity contribution is 0.805. The van der Waals surface area contributed by atoms with Gasteiger partial charge in [0.2, 0.25) is 0 Å². The second kappa shape index (κ2) is 26.0. The highest BCUT2D eigenvalue weighted by molar-refractivity contribution is 9.64. The van der Waals surface area contributed by atoms with Crippen LogP contribution in [-0.2, 0) is 0 Å². The molecule has 6 aromatic carbocycles. The van der Waals surface area contributed by atoms with E-state index in [1.165, 1.54) is 121 Å². The summed E-state index contributed by atoms with van der Waals surface area (Å²) >= 11 is 13.7. The van der Waals surface area contributed by atoms with Gasteiger partial charge in [0.05, 0.1) is 0 Å². The van der Waals surface area contributed by atoms with Gasteiger partial charge in [0.25, 0.3) is 0 Å². The van der Waals surface area contributed by atoms with Gasteiger partial charge in [-0.3, -0.25) is 0 Å². The predicted molar refractivity (Wildman–Crippen MR) is 359 cm³/mol. The Morgan fingerprint density at radius 1 is 0.260 bits per heavy atom. The Morgan fingerprint density at radius 2 is 0.416 bits per heavy atom. The minimum atomic E-state index is -2.86. The highest BCUT2D eigenvalue weighted by Gasteiger charge is 2.38. The van der Waals surface area contributed by atoms with Crippen LogP contribution in [0, 0.1) is 0 Å². The van der Waals surface area contributed by atoms with Crippen LogP contribution >= 0.6 is 53.0 Å². The molecule has 0 aliphatic heterocycles. The zero-order valence-electron chi connectivity index (χ0n) is 52.1. The van der Waals surface area contributed by atoms with Gasteiger partial charge in [-0.25, -0.2) is 0 Å². The minimum absolute atomic E-state index is 0.337. The monoisotopic (exact) mass is 1210 g/mol. The first-order chi connectivity index (χ1) is 35.9. The third-order valence-electron chi connectivity index (χ3n) is 16.1. The minimum Gasteiger partial charge on any atom is -0.113 e. The molecule has 0 atom stereocenters. The highest BCUT2D eigenvalue weighted by atomic mass is 79.9. The van der Waals surface area contributed by atoms with E-state index >= 15 is 0 Å². The van der Waals surface area contributed by atoms with Gasteiger partial charge >= 0.3 is 3.61 Å². The molecular weight excluding hydrogens is 1120 g/mol. The van der Waals surface area contributed by atoms with Crippen LogP contribution < -0.4 is 0 Å². The van der Waals surface area contributed by atoms with Crippen LogP contribution in [0.3, 0.4) is 0 Å². The predicted octanol–water partition coefficient (Wildman–Crippen LogP) is 25.9. The van der Waals surface area contributed by atoms with E-state index in [4.69, 9.17) is 30.6 Å². The maximum Gasteiger partial charge on any atom is 0.328 e. The van der Waals surface area contributed by atoms with Gasteiger partial charge in [0.15, 0.2) is 0 Å². The van der Waals surface area contributed by atoms with Crippen LogP contribution in [0.25, 0.3) is 44.5 Å². The second-order valence-electron chi connectivity index (χ2n) is 26.2. The molecule has 0 aliphatic carbocycles. The molecule has 0 nitrogen and oxygen atoms in total. The van der Waals surface area contributed by atoms with E-state index in [0.717, 1.165) is 0 Å². The van der Waals surface area contributed by atoms with E-state index in [-0.39, 0.29) is 0 Å². The van der Waals surface area contributed by atoms with Crippen molar-refractivity contribution in [3.05, 3.63) is 152 Å². The summed E-state index contributed by atoms with van der Waals surface area (Å²) in [6, 6.07) is 35.0. The average molecular weight is 1220 g/mol. The van der Waals surface area contributed by atoms with Crippen molar-refractivity contribution in [2.24, 2.45) is 0 Å². The Morgan fingerprint density at radius 3 is 0.545 bits per heavy atom.